The highest BCUT2D eigenvalue weighted by molar-refractivity contribution is 9.10. The number of hydrogen-bond donors (Lipinski definition) is 1. The van der Waals surface area contributed by atoms with Crippen molar-refractivity contribution in [2.24, 2.45) is 0 Å². The SMILES string of the molecule is CCCCCCCCCCNC(=O)/C=C/c1ccc(Br)cc1. The third-order valence-corrected chi connectivity index (χ3v) is 4.16. The molecular formula is C19H28BrNO. The Balaban J connectivity index is 2.02. The van der Waals surface area contributed by atoms with Crippen molar-refractivity contribution in [2.75, 3.05) is 6.54 Å². The lowest BCUT2D eigenvalue weighted by molar-refractivity contribution is -0.116. The van der Waals surface area contributed by atoms with Crippen LogP contribution in [0.2, 0.25) is 0 Å². The molecular weight excluding hydrogens is 338 g/mol. The van der Waals surface area contributed by atoms with Crippen molar-refractivity contribution in [3.63, 3.8) is 0 Å². The summed E-state index contributed by atoms with van der Waals surface area (Å²) in [5.41, 5.74) is 1.03. The quantitative estimate of drug-likeness (QED) is 0.394. The molecule has 0 saturated heterocycles. The third kappa shape index (κ3) is 9.78. The highest BCUT2D eigenvalue weighted by Gasteiger charge is 1.96. The van der Waals surface area contributed by atoms with Gasteiger partial charge in [-0.25, -0.2) is 0 Å². The molecule has 1 N–H and O–H groups in total. The summed E-state index contributed by atoms with van der Waals surface area (Å²) in [4.78, 5) is 11.7. The summed E-state index contributed by atoms with van der Waals surface area (Å²) in [5, 5.41) is 2.94. The summed E-state index contributed by atoms with van der Waals surface area (Å²) in [7, 11) is 0. The molecule has 1 aromatic carbocycles. The molecule has 0 aliphatic rings. The van der Waals surface area contributed by atoms with Crippen molar-refractivity contribution in [3.05, 3.63) is 40.4 Å². The van der Waals surface area contributed by atoms with Crippen LogP contribution in [0, 0.1) is 0 Å². The maximum atomic E-state index is 11.7. The van der Waals surface area contributed by atoms with Gasteiger partial charge in [-0.1, -0.05) is 79.9 Å². The average molecular weight is 366 g/mol. The van der Waals surface area contributed by atoms with Crippen LogP contribution >= 0.6 is 15.9 Å². The fourth-order valence-electron chi connectivity index (χ4n) is 2.28. The molecule has 0 aromatic heterocycles. The molecule has 1 rings (SSSR count). The maximum Gasteiger partial charge on any atom is 0.243 e. The second kappa shape index (κ2) is 12.5. The van der Waals surface area contributed by atoms with E-state index in [0.29, 0.717) is 0 Å². The lowest BCUT2D eigenvalue weighted by atomic mass is 10.1. The number of carbonyl (C=O) groups excluding carboxylic acids is 1. The van der Waals surface area contributed by atoms with Crippen LogP contribution in [0.25, 0.3) is 6.08 Å². The molecule has 0 spiro atoms. The van der Waals surface area contributed by atoms with Gasteiger partial charge < -0.3 is 5.32 Å². The van der Waals surface area contributed by atoms with Gasteiger partial charge >= 0.3 is 0 Å². The van der Waals surface area contributed by atoms with E-state index in [-0.39, 0.29) is 5.91 Å². The summed E-state index contributed by atoms with van der Waals surface area (Å²) in [6.45, 7) is 3.02. The van der Waals surface area contributed by atoms with Crippen LogP contribution < -0.4 is 5.32 Å². The smallest absolute Gasteiger partial charge is 0.243 e. The topological polar surface area (TPSA) is 29.1 Å². The molecule has 122 valence electrons. The molecule has 22 heavy (non-hydrogen) atoms. The summed E-state index contributed by atoms with van der Waals surface area (Å²) in [6, 6.07) is 7.90. The van der Waals surface area contributed by atoms with Gasteiger partial charge in [-0.3, -0.25) is 4.79 Å². The van der Waals surface area contributed by atoms with Crippen LogP contribution in [0.5, 0.6) is 0 Å². The van der Waals surface area contributed by atoms with E-state index in [1.165, 1.54) is 44.9 Å². The third-order valence-electron chi connectivity index (χ3n) is 3.63. The second-order valence-electron chi connectivity index (χ2n) is 5.65. The average Bonchev–Trinajstić information content (AvgIpc) is 2.53. The standard InChI is InChI=1S/C19H28BrNO/c1-2-3-4-5-6-7-8-9-16-21-19(22)15-12-17-10-13-18(20)14-11-17/h10-15H,2-9,16H2,1H3,(H,21,22)/b15-12+. The zero-order chi connectivity index (χ0) is 16.0. The van der Waals surface area contributed by atoms with Crippen molar-refractivity contribution in [2.45, 2.75) is 58.3 Å². The van der Waals surface area contributed by atoms with Crippen molar-refractivity contribution >= 4 is 27.9 Å². The van der Waals surface area contributed by atoms with Gasteiger partial charge in [0.2, 0.25) is 5.91 Å². The Labute approximate surface area is 143 Å². The summed E-state index contributed by atoms with van der Waals surface area (Å²) < 4.78 is 1.05. The van der Waals surface area contributed by atoms with Crippen molar-refractivity contribution in [1.29, 1.82) is 0 Å². The molecule has 3 heteroatoms. The highest BCUT2D eigenvalue weighted by atomic mass is 79.9. The molecule has 1 aromatic rings. The normalized spacial score (nSPS) is 11.0. The van der Waals surface area contributed by atoms with Gasteiger partial charge in [0.05, 0.1) is 0 Å². The van der Waals surface area contributed by atoms with E-state index >= 15 is 0 Å². The summed E-state index contributed by atoms with van der Waals surface area (Å²) in [5.74, 6) is -0.00846. The summed E-state index contributed by atoms with van der Waals surface area (Å²) >= 11 is 3.39. The fraction of sp³-hybridized carbons (Fsp3) is 0.526. The van der Waals surface area contributed by atoms with Gasteiger partial charge in [0.25, 0.3) is 0 Å². The molecule has 0 heterocycles. The number of carbonyl (C=O) groups is 1. The van der Waals surface area contributed by atoms with Gasteiger partial charge in [-0.05, 0) is 30.2 Å². The first-order chi connectivity index (χ1) is 10.7. The second-order valence-corrected chi connectivity index (χ2v) is 6.57. The number of hydrogen-bond acceptors (Lipinski definition) is 1. The lowest BCUT2D eigenvalue weighted by Crippen LogP contribution is -2.21. The number of benzene rings is 1. The van der Waals surface area contributed by atoms with Crippen LogP contribution in [0.4, 0.5) is 0 Å². The van der Waals surface area contributed by atoms with Gasteiger partial charge in [0.15, 0.2) is 0 Å². The molecule has 0 atom stereocenters. The maximum absolute atomic E-state index is 11.7. The van der Waals surface area contributed by atoms with E-state index in [9.17, 15) is 4.79 Å². The molecule has 2 nitrogen and oxygen atoms in total. The minimum atomic E-state index is -0.00846. The fourth-order valence-corrected chi connectivity index (χ4v) is 2.54. The first kappa shape index (κ1) is 19.0. The van der Waals surface area contributed by atoms with Crippen LogP contribution in [0.3, 0.4) is 0 Å². The molecule has 0 radical (unpaired) electrons. The lowest BCUT2D eigenvalue weighted by Gasteiger charge is -2.03. The van der Waals surface area contributed by atoms with E-state index in [2.05, 4.69) is 28.2 Å². The van der Waals surface area contributed by atoms with Crippen LogP contribution in [0.15, 0.2) is 34.8 Å². The van der Waals surface area contributed by atoms with Gasteiger partial charge in [-0.15, -0.1) is 0 Å². The molecule has 0 aliphatic heterocycles. The van der Waals surface area contributed by atoms with Crippen molar-refractivity contribution in [1.82, 2.24) is 5.32 Å². The van der Waals surface area contributed by atoms with Gasteiger partial charge in [-0.2, -0.15) is 0 Å². The van der Waals surface area contributed by atoms with E-state index in [4.69, 9.17) is 0 Å². The first-order valence-corrected chi connectivity index (χ1v) is 9.23. The highest BCUT2D eigenvalue weighted by Crippen LogP contribution is 2.11. The Hall–Kier alpha value is -1.09. The Bertz CT molecular complexity index is 439. The number of rotatable bonds is 11. The molecule has 0 saturated carbocycles. The van der Waals surface area contributed by atoms with E-state index in [0.717, 1.165) is 23.0 Å². The number of unbranched alkanes of at least 4 members (excludes halogenated alkanes) is 7. The zero-order valence-electron chi connectivity index (χ0n) is 13.6. The van der Waals surface area contributed by atoms with Crippen molar-refractivity contribution < 1.29 is 4.79 Å². The number of halogens is 1. The molecule has 0 unspecified atom stereocenters. The van der Waals surface area contributed by atoms with Gasteiger partial charge in [0, 0.05) is 17.1 Å². The van der Waals surface area contributed by atoms with E-state index in [1.54, 1.807) is 6.08 Å². The first-order valence-electron chi connectivity index (χ1n) is 8.44. The minimum Gasteiger partial charge on any atom is -0.353 e. The number of amides is 1. The largest absolute Gasteiger partial charge is 0.353 e. The Morgan fingerprint density at radius 3 is 2.23 bits per heavy atom. The van der Waals surface area contributed by atoms with Crippen LogP contribution in [-0.2, 0) is 4.79 Å². The monoisotopic (exact) mass is 365 g/mol. The molecule has 0 aliphatic carbocycles. The Kier molecular flexibility index (Phi) is 10.7. The molecule has 0 fully saturated rings. The van der Waals surface area contributed by atoms with Gasteiger partial charge in [0.1, 0.15) is 0 Å². The Morgan fingerprint density at radius 2 is 1.59 bits per heavy atom. The summed E-state index contributed by atoms with van der Waals surface area (Å²) in [6.07, 6.45) is 13.7. The van der Waals surface area contributed by atoms with Crippen LogP contribution in [-0.4, -0.2) is 12.5 Å². The predicted octanol–water partition coefficient (Wildman–Crippen LogP) is 5.72. The van der Waals surface area contributed by atoms with Crippen LogP contribution in [0.1, 0.15) is 63.9 Å². The number of nitrogens with one attached hydrogen (secondary N) is 1. The molecule has 0 bridgehead atoms. The molecule has 1 amide bonds. The zero-order valence-corrected chi connectivity index (χ0v) is 15.2. The minimum absolute atomic E-state index is 0.00846. The van der Waals surface area contributed by atoms with Crippen molar-refractivity contribution in [3.8, 4) is 0 Å². The van der Waals surface area contributed by atoms with E-state index in [1.807, 2.05) is 30.3 Å². The Morgan fingerprint density at radius 1 is 1.00 bits per heavy atom. The van der Waals surface area contributed by atoms with E-state index < -0.39 is 0 Å². The predicted molar refractivity (Wildman–Crippen MR) is 98.8 cm³/mol.